The highest BCUT2D eigenvalue weighted by Gasteiger charge is 2.20. The summed E-state index contributed by atoms with van der Waals surface area (Å²) in [6, 6.07) is 8.80. The Bertz CT molecular complexity index is 432. The third-order valence-electron chi connectivity index (χ3n) is 2.87. The number of rotatable bonds is 6. The van der Waals surface area contributed by atoms with Crippen LogP contribution in [0.4, 0.5) is 4.79 Å². The predicted octanol–water partition coefficient (Wildman–Crippen LogP) is 1.65. The fourth-order valence-electron chi connectivity index (χ4n) is 1.86. The summed E-state index contributed by atoms with van der Waals surface area (Å²) in [5.74, 6) is 0.153. The summed E-state index contributed by atoms with van der Waals surface area (Å²) in [7, 11) is 1.57. The number of benzene rings is 1. The van der Waals surface area contributed by atoms with E-state index < -0.39 is 6.04 Å². The number of amides is 3. The van der Waals surface area contributed by atoms with Gasteiger partial charge in [0.2, 0.25) is 5.91 Å². The van der Waals surface area contributed by atoms with Crippen molar-refractivity contribution in [2.75, 3.05) is 7.05 Å². The highest BCUT2D eigenvalue weighted by molar-refractivity contribution is 5.86. The Hall–Kier alpha value is -2.04. The van der Waals surface area contributed by atoms with Crippen molar-refractivity contribution in [2.24, 2.45) is 5.92 Å². The molecule has 0 spiro atoms. The molecule has 5 heteroatoms. The molecule has 3 amide bonds. The van der Waals surface area contributed by atoms with Gasteiger partial charge in [-0.05, 0) is 17.9 Å². The van der Waals surface area contributed by atoms with E-state index in [4.69, 9.17) is 0 Å². The molecule has 110 valence electrons. The highest BCUT2D eigenvalue weighted by Crippen LogP contribution is 2.05. The molecule has 1 rings (SSSR count). The second-order valence-corrected chi connectivity index (χ2v) is 5.11. The fourth-order valence-corrected chi connectivity index (χ4v) is 1.86. The van der Waals surface area contributed by atoms with Gasteiger partial charge in [0, 0.05) is 13.6 Å². The number of likely N-dealkylation sites (N-methyl/N-ethyl adjacent to an activating group) is 1. The van der Waals surface area contributed by atoms with Gasteiger partial charge < -0.3 is 16.0 Å². The van der Waals surface area contributed by atoms with Crippen LogP contribution in [-0.2, 0) is 11.3 Å². The minimum atomic E-state index is -0.504. The molecule has 0 unspecified atom stereocenters. The SMILES string of the molecule is CNC(=O)[C@@H](CC(C)C)NC(=O)NCc1ccccc1. The van der Waals surface area contributed by atoms with E-state index in [1.807, 2.05) is 44.2 Å². The second-order valence-electron chi connectivity index (χ2n) is 5.11. The van der Waals surface area contributed by atoms with Crippen molar-refractivity contribution in [3.8, 4) is 0 Å². The van der Waals surface area contributed by atoms with Crippen LogP contribution in [0.3, 0.4) is 0 Å². The molecule has 0 fully saturated rings. The van der Waals surface area contributed by atoms with E-state index in [-0.39, 0.29) is 11.9 Å². The zero-order valence-electron chi connectivity index (χ0n) is 12.3. The van der Waals surface area contributed by atoms with E-state index in [0.29, 0.717) is 18.9 Å². The number of hydrogen-bond donors (Lipinski definition) is 3. The molecule has 0 aromatic heterocycles. The lowest BCUT2D eigenvalue weighted by molar-refractivity contribution is -0.122. The van der Waals surface area contributed by atoms with Crippen molar-refractivity contribution in [3.05, 3.63) is 35.9 Å². The van der Waals surface area contributed by atoms with Crippen LogP contribution in [0.5, 0.6) is 0 Å². The molecule has 1 aromatic carbocycles. The first-order valence-corrected chi connectivity index (χ1v) is 6.82. The van der Waals surface area contributed by atoms with Gasteiger partial charge in [0.1, 0.15) is 6.04 Å². The lowest BCUT2D eigenvalue weighted by Crippen LogP contribution is -2.49. The first-order chi connectivity index (χ1) is 9.52. The molecule has 0 radical (unpaired) electrons. The third-order valence-corrected chi connectivity index (χ3v) is 2.87. The Morgan fingerprint density at radius 3 is 2.35 bits per heavy atom. The van der Waals surface area contributed by atoms with Crippen LogP contribution in [0, 0.1) is 5.92 Å². The molecule has 0 bridgehead atoms. The largest absolute Gasteiger partial charge is 0.357 e. The first-order valence-electron chi connectivity index (χ1n) is 6.82. The van der Waals surface area contributed by atoms with Gasteiger partial charge >= 0.3 is 6.03 Å². The van der Waals surface area contributed by atoms with E-state index in [0.717, 1.165) is 5.56 Å². The smallest absolute Gasteiger partial charge is 0.315 e. The first kappa shape index (κ1) is 16.0. The maximum absolute atomic E-state index is 11.8. The molecule has 0 saturated heterocycles. The molecular formula is C15H23N3O2. The zero-order chi connectivity index (χ0) is 15.0. The molecule has 0 saturated carbocycles. The predicted molar refractivity (Wildman–Crippen MR) is 79.1 cm³/mol. The molecule has 0 aliphatic heterocycles. The Balaban J connectivity index is 2.47. The van der Waals surface area contributed by atoms with E-state index in [9.17, 15) is 9.59 Å². The van der Waals surface area contributed by atoms with Crippen molar-refractivity contribution in [3.63, 3.8) is 0 Å². The van der Waals surface area contributed by atoms with Crippen LogP contribution in [0.25, 0.3) is 0 Å². The summed E-state index contributed by atoms with van der Waals surface area (Å²) in [4.78, 5) is 23.5. The standard InChI is InChI=1S/C15H23N3O2/c1-11(2)9-13(14(19)16-3)18-15(20)17-10-12-7-5-4-6-8-12/h4-8,11,13H,9-10H2,1-3H3,(H,16,19)(H2,17,18,20)/t13-/m1/s1. The van der Waals surface area contributed by atoms with Crippen LogP contribution < -0.4 is 16.0 Å². The summed E-state index contributed by atoms with van der Waals surface area (Å²) in [6.45, 7) is 4.47. The van der Waals surface area contributed by atoms with Crippen LogP contribution in [0.15, 0.2) is 30.3 Å². The zero-order valence-corrected chi connectivity index (χ0v) is 12.3. The Morgan fingerprint density at radius 1 is 1.15 bits per heavy atom. The van der Waals surface area contributed by atoms with Gasteiger partial charge in [-0.15, -0.1) is 0 Å². The quantitative estimate of drug-likeness (QED) is 0.740. The molecule has 3 N–H and O–H groups in total. The van der Waals surface area contributed by atoms with Gasteiger partial charge in [-0.3, -0.25) is 4.79 Å². The monoisotopic (exact) mass is 277 g/mol. The fraction of sp³-hybridized carbons (Fsp3) is 0.467. The van der Waals surface area contributed by atoms with Crippen LogP contribution in [0.1, 0.15) is 25.8 Å². The number of urea groups is 1. The minimum absolute atomic E-state index is 0.173. The van der Waals surface area contributed by atoms with Crippen LogP contribution >= 0.6 is 0 Å². The molecule has 5 nitrogen and oxygen atoms in total. The Labute approximate surface area is 120 Å². The van der Waals surface area contributed by atoms with Gasteiger partial charge in [0.15, 0.2) is 0 Å². The minimum Gasteiger partial charge on any atom is -0.357 e. The summed E-state index contributed by atoms with van der Waals surface area (Å²) in [5, 5.41) is 8.03. The average Bonchev–Trinajstić information content (AvgIpc) is 2.44. The molecule has 1 atom stereocenters. The maximum Gasteiger partial charge on any atom is 0.315 e. The van der Waals surface area contributed by atoms with Crippen molar-refractivity contribution >= 4 is 11.9 Å². The summed E-state index contributed by atoms with van der Waals surface area (Å²) in [5.41, 5.74) is 1.02. The number of nitrogens with one attached hydrogen (secondary N) is 3. The molecular weight excluding hydrogens is 254 g/mol. The van der Waals surface area contributed by atoms with Gasteiger partial charge in [-0.1, -0.05) is 44.2 Å². The molecule has 20 heavy (non-hydrogen) atoms. The topological polar surface area (TPSA) is 70.2 Å². The summed E-state index contributed by atoms with van der Waals surface area (Å²) >= 11 is 0. The van der Waals surface area contributed by atoms with Crippen molar-refractivity contribution in [2.45, 2.75) is 32.9 Å². The molecule has 0 aliphatic rings. The number of carbonyl (C=O) groups excluding carboxylic acids is 2. The van der Waals surface area contributed by atoms with Crippen molar-refractivity contribution in [1.82, 2.24) is 16.0 Å². The second kappa shape index (κ2) is 8.19. The number of carbonyl (C=O) groups is 2. The van der Waals surface area contributed by atoms with Gasteiger partial charge in [-0.2, -0.15) is 0 Å². The molecule has 0 aliphatic carbocycles. The van der Waals surface area contributed by atoms with E-state index in [1.165, 1.54) is 0 Å². The lowest BCUT2D eigenvalue weighted by atomic mass is 10.0. The summed E-state index contributed by atoms with van der Waals surface area (Å²) in [6.07, 6.45) is 0.610. The molecule has 0 heterocycles. The number of hydrogen-bond acceptors (Lipinski definition) is 2. The van der Waals surface area contributed by atoms with Gasteiger partial charge in [-0.25, -0.2) is 4.79 Å². The van der Waals surface area contributed by atoms with Crippen LogP contribution in [0.2, 0.25) is 0 Å². The van der Waals surface area contributed by atoms with Gasteiger partial charge in [0.05, 0.1) is 0 Å². The van der Waals surface area contributed by atoms with E-state index >= 15 is 0 Å². The van der Waals surface area contributed by atoms with E-state index in [2.05, 4.69) is 16.0 Å². The summed E-state index contributed by atoms with van der Waals surface area (Å²) < 4.78 is 0. The normalized spacial score (nSPS) is 11.8. The van der Waals surface area contributed by atoms with Crippen molar-refractivity contribution in [1.29, 1.82) is 0 Å². The van der Waals surface area contributed by atoms with E-state index in [1.54, 1.807) is 7.05 Å². The Morgan fingerprint density at radius 2 is 1.80 bits per heavy atom. The molecule has 1 aromatic rings. The maximum atomic E-state index is 11.8. The Kier molecular flexibility index (Phi) is 6.56. The third kappa shape index (κ3) is 5.73. The average molecular weight is 277 g/mol. The van der Waals surface area contributed by atoms with Crippen molar-refractivity contribution < 1.29 is 9.59 Å². The lowest BCUT2D eigenvalue weighted by Gasteiger charge is -2.19. The highest BCUT2D eigenvalue weighted by atomic mass is 16.2. The van der Waals surface area contributed by atoms with Gasteiger partial charge in [0.25, 0.3) is 0 Å². The van der Waals surface area contributed by atoms with Crippen LogP contribution in [-0.4, -0.2) is 25.0 Å².